The van der Waals surface area contributed by atoms with Crippen LogP contribution in [0.1, 0.15) is 24.8 Å². The quantitative estimate of drug-likeness (QED) is 0.360. The van der Waals surface area contributed by atoms with Crippen molar-refractivity contribution in [1.82, 2.24) is 0 Å². The summed E-state index contributed by atoms with van der Waals surface area (Å²) in [5, 5.41) is 10.8. The Morgan fingerprint density at radius 1 is 1.42 bits per heavy atom. The van der Waals surface area contributed by atoms with Crippen LogP contribution in [-0.2, 0) is 4.79 Å². The smallest absolute Gasteiger partial charge is 0.315 e. The molecular formula is C13H15NO5. The lowest BCUT2D eigenvalue weighted by molar-refractivity contribution is -0.484. The van der Waals surface area contributed by atoms with Crippen LogP contribution >= 0.6 is 0 Å². The molecule has 0 spiro atoms. The molecule has 0 fully saturated rings. The number of fused-ring (bicyclic) bond motifs is 1. The van der Waals surface area contributed by atoms with Crippen molar-refractivity contribution < 1.29 is 19.2 Å². The number of carbonyl (C=O) groups is 1. The van der Waals surface area contributed by atoms with Gasteiger partial charge in [-0.25, -0.2) is 0 Å². The Hall–Kier alpha value is -2.11. The van der Waals surface area contributed by atoms with E-state index in [4.69, 9.17) is 9.47 Å². The Bertz CT molecular complexity index is 514. The predicted octanol–water partition coefficient (Wildman–Crippen LogP) is 2.00. The Morgan fingerprint density at radius 2 is 2.16 bits per heavy atom. The predicted molar refractivity (Wildman–Crippen MR) is 67.0 cm³/mol. The van der Waals surface area contributed by atoms with E-state index in [0.29, 0.717) is 23.5 Å². The molecule has 19 heavy (non-hydrogen) atoms. The van der Waals surface area contributed by atoms with Crippen LogP contribution in [0.15, 0.2) is 18.2 Å². The van der Waals surface area contributed by atoms with E-state index in [1.165, 1.54) is 7.11 Å². The highest BCUT2D eigenvalue weighted by Crippen LogP contribution is 2.44. The van der Waals surface area contributed by atoms with Crippen LogP contribution in [0.5, 0.6) is 11.5 Å². The van der Waals surface area contributed by atoms with E-state index < -0.39 is 22.7 Å². The highest BCUT2D eigenvalue weighted by Gasteiger charge is 2.40. The summed E-state index contributed by atoms with van der Waals surface area (Å²) in [5.41, 5.74) is 0.669. The minimum atomic E-state index is -0.481. The van der Waals surface area contributed by atoms with Gasteiger partial charge in [0.05, 0.1) is 18.9 Å². The molecule has 6 heteroatoms. The van der Waals surface area contributed by atoms with Gasteiger partial charge < -0.3 is 9.47 Å². The van der Waals surface area contributed by atoms with Gasteiger partial charge >= 0.3 is 5.97 Å². The first kappa shape index (κ1) is 13.3. The third kappa shape index (κ3) is 2.38. The molecule has 0 amide bonds. The Kier molecular flexibility index (Phi) is 3.69. The first-order valence-electron chi connectivity index (χ1n) is 6.08. The molecule has 0 N–H and O–H groups in total. The third-order valence-corrected chi connectivity index (χ3v) is 3.41. The lowest BCUT2D eigenvalue weighted by Crippen LogP contribution is -2.34. The average Bonchev–Trinajstić information content (AvgIpc) is 2.37. The van der Waals surface area contributed by atoms with Crippen LogP contribution in [0, 0.1) is 16.0 Å². The van der Waals surface area contributed by atoms with E-state index in [2.05, 4.69) is 0 Å². The fraction of sp³-hybridized carbons (Fsp3) is 0.462. The van der Waals surface area contributed by atoms with Gasteiger partial charge in [-0.15, -0.1) is 0 Å². The van der Waals surface area contributed by atoms with Crippen molar-refractivity contribution in [1.29, 1.82) is 0 Å². The minimum absolute atomic E-state index is 0.284. The normalized spacial score (nSPS) is 21.5. The van der Waals surface area contributed by atoms with Crippen LogP contribution < -0.4 is 9.47 Å². The maximum atomic E-state index is 11.9. The van der Waals surface area contributed by atoms with E-state index in [-0.39, 0.29) is 6.54 Å². The number of methoxy groups -OCH3 is 1. The Balaban J connectivity index is 2.50. The number of hydrogen-bond acceptors (Lipinski definition) is 5. The second-order valence-electron chi connectivity index (χ2n) is 4.44. The zero-order chi connectivity index (χ0) is 14.0. The van der Waals surface area contributed by atoms with Gasteiger partial charge in [0.1, 0.15) is 0 Å². The minimum Gasteiger partial charge on any atom is -0.493 e. The molecule has 1 heterocycles. The first-order chi connectivity index (χ1) is 9.08. The van der Waals surface area contributed by atoms with Crippen LogP contribution in [0.3, 0.4) is 0 Å². The van der Waals surface area contributed by atoms with Crippen LogP contribution in [0.2, 0.25) is 0 Å². The number of hydrogen-bond donors (Lipinski definition) is 0. The molecule has 0 radical (unpaired) electrons. The van der Waals surface area contributed by atoms with Crippen molar-refractivity contribution in [3.63, 3.8) is 0 Å². The number of carbonyl (C=O) groups excluding carboxylic acids is 1. The molecule has 102 valence electrons. The van der Waals surface area contributed by atoms with Crippen molar-refractivity contribution in [2.75, 3.05) is 13.7 Å². The molecule has 0 aromatic heterocycles. The molecule has 0 saturated carbocycles. The second kappa shape index (κ2) is 5.26. The molecule has 0 saturated heterocycles. The molecule has 1 aromatic carbocycles. The summed E-state index contributed by atoms with van der Waals surface area (Å²) < 4.78 is 10.4. The molecule has 0 aliphatic carbocycles. The van der Waals surface area contributed by atoms with Crippen molar-refractivity contribution >= 4 is 5.97 Å². The van der Waals surface area contributed by atoms with Crippen molar-refractivity contribution in [2.24, 2.45) is 5.92 Å². The van der Waals surface area contributed by atoms with Crippen molar-refractivity contribution in [2.45, 2.75) is 19.3 Å². The number of ether oxygens (including phenoxy) is 2. The SMILES string of the molecule is CC[C@@H]1C(=O)Oc2c(OC)cccc2[C@@H]1C[N+](=O)[O-]. The van der Waals surface area contributed by atoms with Crippen molar-refractivity contribution in [3.8, 4) is 11.5 Å². The average molecular weight is 265 g/mol. The maximum absolute atomic E-state index is 11.9. The maximum Gasteiger partial charge on any atom is 0.315 e. The summed E-state index contributed by atoms with van der Waals surface area (Å²) in [6.07, 6.45) is 0.508. The summed E-state index contributed by atoms with van der Waals surface area (Å²) in [7, 11) is 1.47. The number of nitro groups is 1. The topological polar surface area (TPSA) is 78.7 Å². The van der Waals surface area contributed by atoms with E-state index in [1.807, 2.05) is 6.92 Å². The van der Waals surface area contributed by atoms with E-state index in [1.54, 1.807) is 18.2 Å². The molecule has 0 bridgehead atoms. The molecule has 1 aliphatic rings. The van der Waals surface area contributed by atoms with E-state index >= 15 is 0 Å². The summed E-state index contributed by atoms with van der Waals surface area (Å²) in [5.74, 6) is -0.636. The highest BCUT2D eigenvalue weighted by molar-refractivity contribution is 5.80. The third-order valence-electron chi connectivity index (χ3n) is 3.41. The van der Waals surface area contributed by atoms with Gasteiger partial charge in [0.15, 0.2) is 11.5 Å². The van der Waals surface area contributed by atoms with Gasteiger partial charge in [-0.2, -0.15) is 0 Å². The van der Waals surface area contributed by atoms with Crippen LogP contribution in [0.25, 0.3) is 0 Å². The molecule has 1 aliphatic heterocycles. The van der Waals surface area contributed by atoms with E-state index in [9.17, 15) is 14.9 Å². The van der Waals surface area contributed by atoms with Gasteiger partial charge in [-0.1, -0.05) is 19.1 Å². The zero-order valence-electron chi connectivity index (χ0n) is 10.8. The van der Waals surface area contributed by atoms with Gasteiger partial charge in [0, 0.05) is 10.5 Å². The van der Waals surface area contributed by atoms with Crippen LogP contribution in [-0.4, -0.2) is 24.5 Å². The number of benzene rings is 1. The molecule has 1 aromatic rings. The van der Waals surface area contributed by atoms with E-state index in [0.717, 1.165) is 0 Å². The van der Waals surface area contributed by atoms with Crippen LogP contribution in [0.4, 0.5) is 0 Å². The monoisotopic (exact) mass is 265 g/mol. The fourth-order valence-electron chi connectivity index (χ4n) is 2.49. The lowest BCUT2D eigenvalue weighted by atomic mass is 9.82. The largest absolute Gasteiger partial charge is 0.493 e. The molecule has 0 unspecified atom stereocenters. The summed E-state index contributed by atoms with van der Waals surface area (Å²) >= 11 is 0. The Labute approximate surface area is 110 Å². The number of esters is 1. The lowest BCUT2D eigenvalue weighted by Gasteiger charge is -2.29. The molecule has 2 atom stereocenters. The summed E-state index contributed by atoms with van der Waals surface area (Å²) in [6.45, 7) is 1.54. The molecule has 6 nitrogen and oxygen atoms in total. The van der Waals surface area contributed by atoms with Gasteiger partial charge in [0.25, 0.3) is 0 Å². The molecule has 2 rings (SSSR count). The number of para-hydroxylation sites is 1. The number of nitrogens with zero attached hydrogens (tertiary/aromatic N) is 1. The standard InChI is InChI=1S/C13H15NO5/c1-3-8-10(7-14(16)17)9-5-4-6-11(18-2)12(9)19-13(8)15/h4-6,8,10H,3,7H2,1-2H3/t8-,10+/m0/s1. The summed E-state index contributed by atoms with van der Waals surface area (Å²) in [4.78, 5) is 22.4. The Morgan fingerprint density at radius 3 is 2.74 bits per heavy atom. The fourth-order valence-corrected chi connectivity index (χ4v) is 2.49. The van der Waals surface area contributed by atoms with Crippen molar-refractivity contribution in [3.05, 3.63) is 33.9 Å². The first-order valence-corrected chi connectivity index (χ1v) is 6.08. The highest BCUT2D eigenvalue weighted by atomic mass is 16.6. The van der Waals surface area contributed by atoms with Gasteiger partial charge in [-0.3, -0.25) is 14.9 Å². The molecular weight excluding hydrogens is 250 g/mol. The van der Waals surface area contributed by atoms with Gasteiger partial charge in [-0.05, 0) is 12.5 Å². The number of rotatable bonds is 4. The summed E-state index contributed by atoms with van der Waals surface area (Å²) in [6, 6.07) is 5.17. The van der Waals surface area contributed by atoms with Gasteiger partial charge in [0.2, 0.25) is 6.54 Å². The second-order valence-corrected chi connectivity index (χ2v) is 4.44. The zero-order valence-corrected chi connectivity index (χ0v) is 10.8.